The summed E-state index contributed by atoms with van der Waals surface area (Å²) < 4.78 is 2.28. The fraction of sp³-hybridized carbons (Fsp3) is 0.258. The average Bonchev–Trinajstić information content (AvgIpc) is 3.42. The maximum atomic E-state index is 12.8. The summed E-state index contributed by atoms with van der Waals surface area (Å²) in [6.45, 7) is 4.77. The molecule has 3 heterocycles. The number of thiocarbonyl (C=S) groups is 1. The molecule has 4 aromatic rings. The Labute approximate surface area is 235 Å². The molecule has 0 unspecified atom stereocenters. The van der Waals surface area contributed by atoms with Crippen molar-refractivity contribution in [1.29, 1.82) is 0 Å². The van der Waals surface area contributed by atoms with Crippen molar-refractivity contribution in [3.05, 3.63) is 108 Å². The Bertz CT molecular complexity index is 1450. The van der Waals surface area contributed by atoms with E-state index in [0.29, 0.717) is 18.1 Å². The molecule has 1 fully saturated rings. The predicted octanol–water partition coefficient (Wildman–Crippen LogP) is 5.56. The summed E-state index contributed by atoms with van der Waals surface area (Å²) >= 11 is 5.84. The van der Waals surface area contributed by atoms with Crippen molar-refractivity contribution in [2.75, 3.05) is 30.9 Å². The Balaban J connectivity index is 1.47. The second kappa shape index (κ2) is 11.3. The van der Waals surface area contributed by atoms with Gasteiger partial charge >= 0.3 is 0 Å². The van der Waals surface area contributed by atoms with Crippen molar-refractivity contribution < 1.29 is 4.79 Å². The van der Waals surface area contributed by atoms with Crippen LogP contribution in [0.4, 0.5) is 11.4 Å². The van der Waals surface area contributed by atoms with E-state index in [1.54, 1.807) is 0 Å². The molecule has 2 N–H and O–H groups in total. The summed E-state index contributed by atoms with van der Waals surface area (Å²) in [5, 5.41) is 7.12. The summed E-state index contributed by atoms with van der Waals surface area (Å²) in [7, 11) is 4.09. The number of aryl methyl sites for hydroxylation is 1. The lowest BCUT2D eigenvalue weighted by Gasteiger charge is -2.28. The highest BCUT2D eigenvalue weighted by atomic mass is 32.1. The van der Waals surface area contributed by atoms with Gasteiger partial charge in [0.1, 0.15) is 0 Å². The maximum absolute atomic E-state index is 12.8. The Morgan fingerprint density at radius 2 is 1.74 bits per heavy atom. The number of hydrogen-bond donors (Lipinski definition) is 2. The van der Waals surface area contributed by atoms with Gasteiger partial charge in [-0.25, -0.2) is 0 Å². The molecule has 1 aliphatic heterocycles. The van der Waals surface area contributed by atoms with Crippen LogP contribution in [-0.4, -0.2) is 46.1 Å². The fourth-order valence-corrected chi connectivity index (χ4v) is 5.67. The van der Waals surface area contributed by atoms with Crippen LogP contribution in [0.1, 0.15) is 41.1 Å². The number of amides is 1. The van der Waals surface area contributed by atoms with E-state index in [0.717, 1.165) is 39.7 Å². The molecule has 2 atom stereocenters. The van der Waals surface area contributed by atoms with E-state index >= 15 is 0 Å². The summed E-state index contributed by atoms with van der Waals surface area (Å²) in [5.41, 5.74) is 7.41. The standard InChI is InChI=1S/C31H34N6OS/c1-21-20-26(22(2)37(21)25-15-13-24(14-16-25)35(3)4)30-29(27-12-8-9-18-32-27)34-31(39)36(30)19-17-28(38)33-23-10-6-5-7-11-23/h5-16,18,20,29-30H,17,19H2,1-4H3,(H,33,38)(H,34,39)/t29-,30-/m1/s1. The zero-order valence-corrected chi connectivity index (χ0v) is 23.6. The van der Waals surface area contributed by atoms with Crippen molar-refractivity contribution in [3.63, 3.8) is 0 Å². The molecule has 2 aromatic heterocycles. The van der Waals surface area contributed by atoms with Gasteiger partial charge in [0.25, 0.3) is 0 Å². The van der Waals surface area contributed by atoms with Crippen LogP contribution in [0.5, 0.6) is 0 Å². The number of pyridine rings is 1. The van der Waals surface area contributed by atoms with Crippen LogP contribution in [0, 0.1) is 13.8 Å². The van der Waals surface area contributed by atoms with E-state index in [4.69, 9.17) is 12.2 Å². The van der Waals surface area contributed by atoms with E-state index in [-0.39, 0.29) is 18.0 Å². The lowest BCUT2D eigenvalue weighted by atomic mass is 9.96. The highest BCUT2D eigenvalue weighted by Gasteiger charge is 2.41. The number of carbonyl (C=O) groups excluding carboxylic acids is 1. The predicted molar refractivity (Wildman–Crippen MR) is 161 cm³/mol. The van der Waals surface area contributed by atoms with Crippen LogP contribution in [-0.2, 0) is 4.79 Å². The number of benzene rings is 2. The normalized spacial score (nSPS) is 16.7. The van der Waals surface area contributed by atoms with Crippen molar-refractivity contribution in [2.45, 2.75) is 32.4 Å². The third-order valence-electron chi connectivity index (χ3n) is 7.25. The van der Waals surface area contributed by atoms with Gasteiger partial charge in [-0.15, -0.1) is 0 Å². The molecule has 5 rings (SSSR count). The average molecular weight is 539 g/mol. The quantitative estimate of drug-likeness (QED) is 0.287. The molecular weight excluding hydrogens is 504 g/mol. The van der Waals surface area contributed by atoms with Gasteiger partial charge in [0.05, 0.1) is 17.8 Å². The summed E-state index contributed by atoms with van der Waals surface area (Å²) in [6.07, 6.45) is 2.12. The molecule has 39 heavy (non-hydrogen) atoms. The van der Waals surface area contributed by atoms with Gasteiger partial charge in [-0.2, -0.15) is 0 Å². The summed E-state index contributed by atoms with van der Waals surface area (Å²) in [6, 6.07) is 26.0. The Morgan fingerprint density at radius 3 is 2.41 bits per heavy atom. The number of carbonyl (C=O) groups is 1. The van der Waals surface area contributed by atoms with Gasteiger partial charge in [0.15, 0.2) is 5.11 Å². The Morgan fingerprint density at radius 1 is 1.03 bits per heavy atom. The van der Waals surface area contributed by atoms with Crippen LogP contribution in [0.3, 0.4) is 0 Å². The fourth-order valence-electron chi connectivity index (χ4n) is 5.34. The van der Waals surface area contributed by atoms with Gasteiger partial charge in [-0.1, -0.05) is 24.3 Å². The lowest BCUT2D eigenvalue weighted by Crippen LogP contribution is -2.32. The number of aromatic nitrogens is 2. The number of nitrogens with zero attached hydrogens (tertiary/aromatic N) is 4. The monoisotopic (exact) mass is 538 g/mol. The maximum Gasteiger partial charge on any atom is 0.226 e. The Hall–Kier alpha value is -4.17. The summed E-state index contributed by atoms with van der Waals surface area (Å²) in [4.78, 5) is 21.7. The Kier molecular flexibility index (Phi) is 7.65. The van der Waals surface area contributed by atoms with Crippen LogP contribution in [0.2, 0.25) is 0 Å². The molecule has 2 aromatic carbocycles. The molecule has 0 saturated carbocycles. The van der Waals surface area contributed by atoms with Gasteiger partial charge < -0.3 is 25.0 Å². The van der Waals surface area contributed by atoms with Crippen molar-refractivity contribution >= 4 is 34.6 Å². The SMILES string of the molecule is Cc1cc([C@@H]2[C@@H](c3ccccn3)NC(=S)N2CCC(=O)Nc2ccccc2)c(C)n1-c1ccc(N(C)C)cc1. The number of hydrogen-bond acceptors (Lipinski definition) is 4. The van der Waals surface area contributed by atoms with Gasteiger partial charge in [0.2, 0.25) is 5.91 Å². The molecule has 1 saturated heterocycles. The molecule has 1 aliphatic rings. The molecule has 7 nitrogen and oxygen atoms in total. The molecular formula is C31H34N6OS. The zero-order valence-electron chi connectivity index (χ0n) is 22.8. The second-order valence-corrected chi connectivity index (χ2v) is 10.4. The first-order chi connectivity index (χ1) is 18.8. The largest absolute Gasteiger partial charge is 0.378 e. The zero-order chi connectivity index (χ0) is 27.5. The first-order valence-corrected chi connectivity index (χ1v) is 13.5. The van der Waals surface area contributed by atoms with E-state index < -0.39 is 0 Å². The lowest BCUT2D eigenvalue weighted by molar-refractivity contribution is -0.116. The second-order valence-electron chi connectivity index (χ2n) is 10.1. The molecule has 0 bridgehead atoms. The van der Waals surface area contributed by atoms with Gasteiger partial charge in [-0.3, -0.25) is 9.78 Å². The van der Waals surface area contributed by atoms with Crippen LogP contribution >= 0.6 is 12.2 Å². The van der Waals surface area contributed by atoms with Crippen LogP contribution in [0.25, 0.3) is 5.69 Å². The third kappa shape index (κ3) is 5.52. The third-order valence-corrected chi connectivity index (χ3v) is 7.60. The summed E-state index contributed by atoms with van der Waals surface area (Å²) in [5.74, 6) is -0.0458. The topological polar surface area (TPSA) is 65.4 Å². The minimum Gasteiger partial charge on any atom is -0.378 e. The molecule has 1 amide bonds. The van der Waals surface area contributed by atoms with Gasteiger partial charge in [0, 0.05) is 61.7 Å². The molecule has 200 valence electrons. The van der Waals surface area contributed by atoms with E-state index in [9.17, 15) is 4.79 Å². The highest BCUT2D eigenvalue weighted by molar-refractivity contribution is 7.80. The molecule has 0 aliphatic carbocycles. The van der Waals surface area contributed by atoms with Crippen molar-refractivity contribution in [1.82, 2.24) is 19.8 Å². The van der Waals surface area contributed by atoms with Crippen LogP contribution < -0.4 is 15.5 Å². The number of para-hydroxylation sites is 1. The molecule has 0 radical (unpaired) electrons. The van der Waals surface area contributed by atoms with E-state index in [2.05, 4.69) is 74.2 Å². The van der Waals surface area contributed by atoms with Crippen LogP contribution in [0.15, 0.2) is 85.1 Å². The van der Waals surface area contributed by atoms with Crippen molar-refractivity contribution in [2.24, 2.45) is 0 Å². The minimum atomic E-state index is -0.138. The first kappa shape index (κ1) is 26.4. The number of nitrogens with one attached hydrogen (secondary N) is 2. The van der Waals surface area contributed by atoms with Crippen molar-refractivity contribution in [3.8, 4) is 5.69 Å². The van der Waals surface area contributed by atoms with Gasteiger partial charge in [-0.05, 0) is 86.2 Å². The number of rotatable bonds is 8. The highest BCUT2D eigenvalue weighted by Crippen LogP contribution is 2.41. The first-order valence-electron chi connectivity index (χ1n) is 13.1. The molecule has 0 spiro atoms. The number of anilines is 2. The van der Waals surface area contributed by atoms with E-state index in [1.807, 2.05) is 68.8 Å². The van der Waals surface area contributed by atoms with E-state index in [1.165, 1.54) is 0 Å². The molecule has 8 heteroatoms. The smallest absolute Gasteiger partial charge is 0.226 e. The minimum absolute atomic E-state index is 0.0458.